The van der Waals surface area contributed by atoms with E-state index in [1.807, 2.05) is 12.1 Å². The Morgan fingerprint density at radius 3 is 1.31 bits per heavy atom. The maximum absolute atomic E-state index is 6.37. The van der Waals surface area contributed by atoms with Crippen LogP contribution in [0.1, 0.15) is 0 Å². The van der Waals surface area contributed by atoms with Gasteiger partial charge >= 0.3 is 0 Å². The highest BCUT2D eigenvalue weighted by atomic mass is 16.3. The fourth-order valence-electron chi connectivity index (χ4n) is 6.90. The topological polar surface area (TPSA) is 16.4 Å². The van der Waals surface area contributed by atoms with Crippen LogP contribution in [-0.4, -0.2) is 0 Å². The van der Waals surface area contributed by atoms with Gasteiger partial charge in [0.15, 0.2) is 0 Å². The van der Waals surface area contributed by atoms with Crippen LogP contribution in [0.4, 0.5) is 17.1 Å². The molecule has 0 bridgehead atoms. The predicted octanol–water partition coefficient (Wildman–Crippen LogP) is 13.2. The van der Waals surface area contributed by atoms with Gasteiger partial charge in [-0.15, -0.1) is 0 Å². The number of fused-ring (bicyclic) bond motifs is 5. The molecule has 0 saturated heterocycles. The highest BCUT2D eigenvalue weighted by molar-refractivity contribution is 6.17. The minimum atomic E-state index is 0.920. The standard InChI is InChI=1S/C46H31NO/c1-3-10-32(11-4-1)34-18-24-37(25-19-34)47(38-26-20-35(21-27-38)33-12-5-2-6-13-33)39-28-22-36(23-29-39)40-15-9-16-43-41(40)30-31-44-42-14-7-8-17-45(42)48-46(43)44/h1-31H. The average Bonchev–Trinajstić information content (AvgIpc) is 3.56. The summed E-state index contributed by atoms with van der Waals surface area (Å²) in [5.74, 6) is 0. The van der Waals surface area contributed by atoms with E-state index in [1.165, 1.54) is 38.8 Å². The Hall–Kier alpha value is -6.38. The number of furan rings is 1. The summed E-state index contributed by atoms with van der Waals surface area (Å²) in [5.41, 5.74) is 12.3. The molecule has 1 aromatic heterocycles. The fourth-order valence-corrected chi connectivity index (χ4v) is 6.90. The molecular formula is C46H31NO. The molecule has 1 heterocycles. The average molecular weight is 614 g/mol. The van der Waals surface area contributed by atoms with E-state index in [4.69, 9.17) is 4.42 Å². The summed E-state index contributed by atoms with van der Waals surface area (Å²) in [6.07, 6.45) is 0. The van der Waals surface area contributed by atoms with E-state index >= 15 is 0 Å². The van der Waals surface area contributed by atoms with Crippen LogP contribution in [0.15, 0.2) is 192 Å². The summed E-state index contributed by atoms with van der Waals surface area (Å²) in [6, 6.07) is 66.9. The molecule has 0 N–H and O–H groups in total. The molecule has 226 valence electrons. The SMILES string of the molecule is c1ccc(-c2ccc(N(c3ccc(-c4ccccc4)cc3)c3ccc(-c4cccc5c4ccc4c6ccccc6oc54)cc3)cc2)cc1. The molecule has 0 aliphatic carbocycles. The van der Waals surface area contributed by atoms with Crippen molar-refractivity contribution in [3.8, 4) is 33.4 Å². The Kier molecular flexibility index (Phi) is 6.84. The van der Waals surface area contributed by atoms with Crippen molar-refractivity contribution in [2.75, 3.05) is 4.90 Å². The molecule has 48 heavy (non-hydrogen) atoms. The molecule has 0 aliphatic heterocycles. The molecule has 8 aromatic carbocycles. The van der Waals surface area contributed by atoms with Gasteiger partial charge in [0.25, 0.3) is 0 Å². The van der Waals surface area contributed by atoms with Crippen molar-refractivity contribution in [1.82, 2.24) is 0 Å². The Balaban J connectivity index is 1.12. The molecule has 2 nitrogen and oxygen atoms in total. The second-order valence-corrected chi connectivity index (χ2v) is 12.1. The summed E-state index contributed by atoms with van der Waals surface area (Å²) >= 11 is 0. The number of anilines is 3. The third kappa shape index (κ3) is 4.92. The highest BCUT2D eigenvalue weighted by Gasteiger charge is 2.16. The molecule has 9 rings (SSSR count). The van der Waals surface area contributed by atoms with Crippen molar-refractivity contribution >= 4 is 49.8 Å². The normalized spacial score (nSPS) is 11.3. The lowest BCUT2D eigenvalue weighted by Gasteiger charge is -2.26. The van der Waals surface area contributed by atoms with E-state index in [0.29, 0.717) is 0 Å². The Morgan fingerprint density at radius 1 is 0.292 bits per heavy atom. The predicted molar refractivity (Wildman–Crippen MR) is 202 cm³/mol. The van der Waals surface area contributed by atoms with Crippen molar-refractivity contribution in [2.24, 2.45) is 0 Å². The number of hydrogen-bond acceptors (Lipinski definition) is 2. The fraction of sp³-hybridized carbons (Fsp3) is 0. The smallest absolute Gasteiger partial charge is 0.143 e. The molecule has 0 spiro atoms. The first-order valence-corrected chi connectivity index (χ1v) is 16.3. The molecular weight excluding hydrogens is 583 g/mol. The van der Waals surface area contributed by atoms with Crippen LogP contribution in [0.2, 0.25) is 0 Å². The third-order valence-electron chi connectivity index (χ3n) is 9.30. The molecule has 2 heteroatoms. The molecule has 0 saturated carbocycles. The molecule has 0 radical (unpaired) electrons. The van der Waals surface area contributed by atoms with E-state index in [9.17, 15) is 0 Å². The van der Waals surface area contributed by atoms with Crippen molar-refractivity contribution in [3.05, 3.63) is 188 Å². The first-order chi connectivity index (χ1) is 23.8. The minimum absolute atomic E-state index is 0.920. The lowest BCUT2D eigenvalue weighted by atomic mass is 9.96. The van der Waals surface area contributed by atoms with Crippen molar-refractivity contribution in [3.63, 3.8) is 0 Å². The van der Waals surface area contributed by atoms with E-state index in [-0.39, 0.29) is 0 Å². The van der Waals surface area contributed by atoms with E-state index in [0.717, 1.165) is 44.4 Å². The monoisotopic (exact) mass is 613 g/mol. The maximum Gasteiger partial charge on any atom is 0.143 e. The van der Waals surface area contributed by atoms with Gasteiger partial charge in [-0.25, -0.2) is 0 Å². The van der Waals surface area contributed by atoms with Crippen molar-refractivity contribution < 1.29 is 4.42 Å². The first-order valence-electron chi connectivity index (χ1n) is 16.3. The molecule has 0 amide bonds. The van der Waals surface area contributed by atoms with Gasteiger partial charge in [-0.1, -0.05) is 140 Å². The van der Waals surface area contributed by atoms with Gasteiger partial charge < -0.3 is 9.32 Å². The van der Waals surface area contributed by atoms with Gasteiger partial charge in [0, 0.05) is 33.2 Å². The summed E-state index contributed by atoms with van der Waals surface area (Å²) in [7, 11) is 0. The molecule has 0 aliphatic rings. The van der Waals surface area contributed by atoms with Gasteiger partial charge in [0.05, 0.1) is 0 Å². The van der Waals surface area contributed by atoms with E-state index in [1.54, 1.807) is 0 Å². The number of hydrogen-bond donors (Lipinski definition) is 0. The molecule has 0 fully saturated rings. The Morgan fingerprint density at radius 2 is 0.729 bits per heavy atom. The van der Waals surface area contributed by atoms with Crippen molar-refractivity contribution in [2.45, 2.75) is 0 Å². The summed E-state index contributed by atoms with van der Waals surface area (Å²) in [5, 5.41) is 4.61. The highest BCUT2D eigenvalue weighted by Crippen LogP contribution is 2.40. The molecule has 9 aromatic rings. The molecule has 0 unspecified atom stereocenters. The summed E-state index contributed by atoms with van der Waals surface area (Å²) in [6.45, 7) is 0. The second-order valence-electron chi connectivity index (χ2n) is 12.1. The third-order valence-corrected chi connectivity index (χ3v) is 9.30. The molecule has 0 atom stereocenters. The zero-order chi connectivity index (χ0) is 31.9. The van der Waals surface area contributed by atoms with Crippen LogP contribution in [0, 0.1) is 0 Å². The van der Waals surface area contributed by atoms with E-state index < -0.39 is 0 Å². The Bertz CT molecular complexity index is 2430. The van der Waals surface area contributed by atoms with Gasteiger partial charge in [-0.3, -0.25) is 0 Å². The van der Waals surface area contributed by atoms with Crippen LogP contribution in [0.3, 0.4) is 0 Å². The van der Waals surface area contributed by atoms with Gasteiger partial charge in [-0.05, 0) is 87.3 Å². The zero-order valence-electron chi connectivity index (χ0n) is 26.3. The lowest BCUT2D eigenvalue weighted by molar-refractivity contribution is 0.672. The second kappa shape index (κ2) is 11.8. The number of para-hydroxylation sites is 1. The van der Waals surface area contributed by atoms with Crippen molar-refractivity contribution in [1.29, 1.82) is 0 Å². The lowest BCUT2D eigenvalue weighted by Crippen LogP contribution is -2.09. The van der Waals surface area contributed by atoms with Crippen LogP contribution in [-0.2, 0) is 0 Å². The largest absolute Gasteiger partial charge is 0.455 e. The summed E-state index contributed by atoms with van der Waals surface area (Å²) < 4.78 is 6.37. The first kappa shape index (κ1) is 27.9. The number of rotatable bonds is 6. The minimum Gasteiger partial charge on any atom is -0.455 e. The Labute approximate surface area is 279 Å². The zero-order valence-corrected chi connectivity index (χ0v) is 26.3. The number of benzene rings is 8. The quantitative estimate of drug-likeness (QED) is 0.185. The van der Waals surface area contributed by atoms with Crippen LogP contribution < -0.4 is 4.90 Å². The van der Waals surface area contributed by atoms with Crippen LogP contribution >= 0.6 is 0 Å². The van der Waals surface area contributed by atoms with Crippen LogP contribution in [0.25, 0.3) is 66.1 Å². The maximum atomic E-state index is 6.37. The van der Waals surface area contributed by atoms with Gasteiger partial charge in [-0.2, -0.15) is 0 Å². The summed E-state index contributed by atoms with van der Waals surface area (Å²) in [4.78, 5) is 2.33. The number of nitrogens with zero attached hydrogens (tertiary/aromatic N) is 1. The van der Waals surface area contributed by atoms with Gasteiger partial charge in [0.1, 0.15) is 11.2 Å². The van der Waals surface area contributed by atoms with E-state index in [2.05, 4.69) is 181 Å². The van der Waals surface area contributed by atoms with Gasteiger partial charge in [0.2, 0.25) is 0 Å². The van der Waals surface area contributed by atoms with Crippen LogP contribution in [0.5, 0.6) is 0 Å².